The summed E-state index contributed by atoms with van der Waals surface area (Å²) >= 11 is 0. The van der Waals surface area contributed by atoms with Crippen molar-refractivity contribution < 1.29 is 0 Å². The molecule has 0 radical (unpaired) electrons. The van der Waals surface area contributed by atoms with Crippen molar-refractivity contribution in [3.63, 3.8) is 0 Å². The summed E-state index contributed by atoms with van der Waals surface area (Å²) in [6.07, 6.45) is 6.91. The zero-order valence-corrected chi connectivity index (χ0v) is 13.0. The molecule has 3 N–H and O–H groups in total. The molecule has 0 aromatic rings. The number of hydrogen-bond acceptors (Lipinski definition) is 1. The molecule has 98 valence electrons. The number of guanidine groups is 1. The maximum absolute atomic E-state index is 5.83. The smallest absolute Gasteiger partial charge is 0.188 e. The number of nitrogens with one attached hydrogen (secondary N) is 1. The van der Waals surface area contributed by atoms with Gasteiger partial charge in [0.05, 0.1) is 0 Å². The quantitative estimate of drug-likeness (QED) is 0.355. The first-order valence-corrected chi connectivity index (χ1v) is 6.28. The molecule has 0 aromatic carbocycles. The molecule has 17 heavy (non-hydrogen) atoms. The molecule has 2 bridgehead atoms. The molecule has 2 aliphatic rings. The van der Waals surface area contributed by atoms with E-state index in [4.69, 9.17) is 5.73 Å². The molecule has 0 aliphatic heterocycles. The summed E-state index contributed by atoms with van der Waals surface area (Å²) < 4.78 is 0. The number of rotatable bonds is 4. The van der Waals surface area contributed by atoms with Crippen LogP contribution in [-0.4, -0.2) is 19.0 Å². The molecule has 0 atom stereocenters. The number of halogens is 1. The average molecular weight is 349 g/mol. The van der Waals surface area contributed by atoms with Crippen molar-refractivity contribution in [1.29, 1.82) is 0 Å². The van der Waals surface area contributed by atoms with Gasteiger partial charge >= 0.3 is 0 Å². The van der Waals surface area contributed by atoms with Gasteiger partial charge in [-0.15, -0.1) is 24.0 Å². The molecule has 2 fully saturated rings. The fraction of sp³-hybridized carbons (Fsp3) is 0.769. The number of hydrogen-bond donors (Lipinski definition) is 2. The Hall–Kier alpha value is -0.260. The molecule has 0 saturated heterocycles. The molecular formula is C13H24IN3. The third kappa shape index (κ3) is 3.86. The predicted molar refractivity (Wildman–Crippen MR) is 83.7 cm³/mol. The van der Waals surface area contributed by atoms with E-state index in [-0.39, 0.29) is 24.0 Å². The van der Waals surface area contributed by atoms with E-state index >= 15 is 0 Å². The molecule has 0 heterocycles. The van der Waals surface area contributed by atoms with E-state index in [9.17, 15) is 0 Å². The standard InChI is InChI=1S/C13H23N3.HI/c1-10(2)8-15-12(14)16-9-13-5-3-11(7-13)4-6-13;/h11H,1,3-9H2,2H3,(H3,14,15,16);1H. The molecule has 3 nitrogen and oxygen atoms in total. The van der Waals surface area contributed by atoms with Crippen molar-refractivity contribution in [2.24, 2.45) is 22.1 Å². The highest BCUT2D eigenvalue weighted by Crippen LogP contribution is 2.54. The summed E-state index contributed by atoms with van der Waals surface area (Å²) in [5, 5.41) is 3.09. The van der Waals surface area contributed by atoms with E-state index in [0.717, 1.165) is 24.6 Å². The van der Waals surface area contributed by atoms with Gasteiger partial charge in [0, 0.05) is 13.1 Å². The monoisotopic (exact) mass is 349 g/mol. The van der Waals surface area contributed by atoms with Crippen LogP contribution in [0.15, 0.2) is 17.1 Å². The number of fused-ring (bicyclic) bond motifs is 2. The second-order valence-electron chi connectivity index (χ2n) is 5.66. The van der Waals surface area contributed by atoms with Crippen LogP contribution in [0.25, 0.3) is 0 Å². The second-order valence-corrected chi connectivity index (χ2v) is 5.66. The van der Waals surface area contributed by atoms with Crippen molar-refractivity contribution in [2.45, 2.75) is 39.0 Å². The fourth-order valence-corrected chi connectivity index (χ4v) is 3.08. The van der Waals surface area contributed by atoms with Gasteiger partial charge in [-0.3, -0.25) is 4.99 Å². The third-order valence-corrected chi connectivity index (χ3v) is 4.04. The van der Waals surface area contributed by atoms with Crippen LogP contribution in [0.1, 0.15) is 39.0 Å². The highest BCUT2D eigenvalue weighted by atomic mass is 127. The largest absolute Gasteiger partial charge is 0.370 e. The predicted octanol–water partition coefficient (Wildman–Crippen LogP) is 2.67. The van der Waals surface area contributed by atoms with Crippen molar-refractivity contribution in [3.05, 3.63) is 12.2 Å². The lowest BCUT2D eigenvalue weighted by Gasteiger charge is -2.24. The van der Waals surface area contributed by atoms with E-state index in [1.54, 1.807) is 0 Å². The third-order valence-electron chi connectivity index (χ3n) is 4.04. The van der Waals surface area contributed by atoms with Crippen LogP contribution >= 0.6 is 24.0 Å². The molecule has 2 saturated carbocycles. The van der Waals surface area contributed by atoms with E-state index in [0.29, 0.717) is 11.4 Å². The molecule has 4 heteroatoms. The Morgan fingerprint density at radius 2 is 2.12 bits per heavy atom. The van der Waals surface area contributed by atoms with Crippen molar-refractivity contribution in [3.8, 4) is 0 Å². The highest BCUT2D eigenvalue weighted by molar-refractivity contribution is 14.0. The topological polar surface area (TPSA) is 50.4 Å². The number of nitrogens with zero attached hydrogens (tertiary/aromatic N) is 1. The average Bonchev–Trinajstić information content (AvgIpc) is 2.84. The SMILES string of the molecule is C=C(C)CNC(N)=NCC12CCC(CC1)C2.I. The fourth-order valence-electron chi connectivity index (χ4n) is 3.08. The molecule has 0 aromatic heterocycles. The van der Waals surface area contributed by atoms with Crippen molar-refractivity contribution in [2.75, 3.05) is 13.1 Å². The van der Waals surface area contributed by atoms with Crippen LogP contribution in [0.2, 0.25) is 0 Å². The van der Waals surface area contributed by atoms with Crippen LogP contribution in [0.5, 0.6) is 0 Å². The Balaban J connectivity index is 0.00000144. The minimum Gasteiger partial charge on any atom is -0.370 e. The van der Waals surface area contributed by atoms with E-state index in [1.165, 1.54) is 32.1 Å². The molecule has 2 rings (SSSR count). The molecular weight excluding hydrogens is 325 g/mol. The van der Waals surface area contributed by atoms with Gasteiger partial charge in [0.25, 0.3) is 0 Å². The highest BCUT2D eigenvalue weighted by Gasteiger charge is 2.44. The van der Waals surface area contributed by atoms with E-state index < -0.39 is 0 Å². The Labute approximate surface area is 121 Å². The number of nitrogens with two attached hydrogens (primary N) is 1. The minimum atomic E-state index is 0. The van der Waals surface area contributed by atoms with E-state index in [1.807, 2.05) is 6.92 Å². The molecule has 0 amide bonds. The Bertz CT molecular complexity index is 304. The maximum Gasteiger partial charge on any atom is 0.188 e. The van der Waals surface area contributed by atoms with Gasteiger partial charge in [0.1, 0.15) is 0 Å². The zero-order chi connectivity index (χ0) is 11.6. The molecule has 0 spiro atoms. The first-order chi connectivity index (χ1) is 7.60. The minimum absolute atomic E-state index is 0. The summed E-state index contributed by atoms with van der Waals surface area (Å²) in [5.41, 5.74) is 7.41. The van der Waals surface area contributed by atoms with Gasteiger partial charge < -0.3 is 11.1 Å². The van der Waals surface area contributed by atoms with Crippen molar-refractivity contribution in [1.82, 2.24) is 5.32 Å². The Morgan fingerprint density at radius 3 is 2.59 bits per heavy atom. The van der Waals surface area contributed by atoms with Gasteiger partial charge in [0.15, 0.2) is 5.96 Å². The van der Waals surface area contributed by atoms with Gasteiger partial charge in [0.2, 0.25) is 0 Å². The lowest BCUT2D eigenvalue weighted by molar-refractivity contribution is 0.307. The normalized spacial score (nSPS) is 31.1. The Morgan fingerprint density at radius 1 is 1.47 bits per heavy atom. The zero-order valence-electron chi connectivity index (χ0n) is 10.7. The van der Waals surface area contributed by atoms with Crippen LogP contribution in [0.3, 0.4) is 0 Å². The second kappa shape index (κ2) is 6.07. The van der Waals surface area contributed by atoms with Crippen molar-refractivity contribution >= 4 is 29.9 Å². The lowest BCUT2D eigenvalue weighted by Crippen LogP contribution is -2.34. The first kappa shape index (κ1) is 14.8. The summed E-state index contributed by atoms with van der Waals surface area (Å²) in [7, 11) is 0. The van der Waals surface area contributed by atoms with Crippen LogP contribution in [0, 0.1) is 11.3 Å². The summed E-state index contributed by atoms with van der Waals surface area (Å²) in [5.74, 6) is 1.56. The summed E-state index contributed by atoms with van der Waals surface area (Å²) in [4.78, 5) is 4.49. The Kier molecular flexibility index (Phi) is 5.28. The van der Waals surface area contributed by atoms with Crippen LogP contribution in [-0.2, 0) is 0 Å². The van der Waals surface area contributed by atoms with Gasteiger partial charge in [-0.1, -0.05) is 12.2 Å². The van der Waals surface area contributed by atoms with Gasteiger partial charge in [-0.25, -0.2) is 0 Å². The number of aliphatic imine (C=N–C) groups is 1. The molecule has 2 aliphatic carbocycles. The van der Waals surface area contributed by atoms with Gasteiger partial charge in [-0.2, -0.15) is 0 Å². The van der Waals surface area contributed by atoms with Crippen LogP contribution in [0.4, 0.5) is 0 Å². The first-order valence-electron chi connectivity index (χ1n) is 6.28. The summed E-state index contributed by atoms with van der Waals surface area (Å²) in [6.45, 7) is 7.45. The summed E-state index contributed by atoms with van der Waals surface area (Å²) in [6, 6.07) is 0. The maximum atomic E-state index is 5.83. The van der Waals surface area contributed by atoms with E-state index in [2.05, 4.69) is 16.9 Å². The van der Waals surface area contributed by atoms with Gasteiger partial charge in [-0.05, 0) is 50.4 Å². The lowest BCUT2D eigenvalue weighted by atomic mass is 9.84. The van der Waals surface area contributed by atoms with Crippen LogP contribution < -0.4 is 11.1 Å². The molecule has 0 unspecified atom stereocenters.